The van der Waals surface area contributed by atoms with Crippen molar-refractivity contribution in [3.8, 4) is 11.5 Å². The minimum Gasteiger partial charge on any atom is -0.497 e. The van der Waals surface area contributed by atoms with Crippen LogP contribution in [0.1, 0.15) is 32.1 Å². The normalized spacial score (nSPS) is 20.8. The van der Waals surface area contributed by atoms with Crippen molar-refractivity contribution in [2.24, 2.45) is 5.41 Å². The lowest BCUT2D eigenvalue weighted by atomic mass is 9.69. The summed E-state index contributed by atoms with van der Waals surface area (Å²) in [6.07, 6.45) is 5.36. The van der Waals surface area contributed by atoms with E-state index in [0.717, 1.165) is 24.2 Å². The van der Waals surface area contributed by atoms with Crippen molar-refractivity contribution < 1.29 is 19.1 Å². The lowest BCUT2D eigenvalue weighted by Crippen LogP contribution is -2.51. The summed E-state index contributed by atoms with van der Waals surface area (Å²) in [5.74, 6) is 1.11. The first kappa shape index (κ1) is 20.0. The maximum atomic E-state index is 13.7. The summed E-state index contributed by atoms with van der Waals surface area (Å²) in [6, 6.07) is 14.9. The van der Waals surface area contributed by atoms with E-state index in [1.54, 1.807) is 37.3 Å². The van der Waals surface area contributed by atoms with Crippen LogP contribution < -0.4 is 19.7 Å². The monoisotopic (exact) mass is 406 g/mol. The molecule has 2 aromatic rings. The van der Waals surface area contributed by atoms with Crippen molar-refractivity contribution >= 4 is 23.2 Å². The van der Waals surface area contributed by atoms with Crippen LogP contribution in [0.3, 0.4) is 0 Å². The highest BCUT2D eigenvalue weighted by Crippen LogP contribution is 2.49. The predicted octanol–water partition coefficient (Wildman–Crippen LogP) is 4.52. The molecule has 1 aliphatic heterocycles. The molecule has 30 heavy (non-hydrogen) atoms. The summed E-state index contributed by atoms with van der Waals surface area (Å²) in [6.45, 7) is 0. The van der Waals surface area contributed by atoms with Gasteiger partial charge in [0.15, 0.2) is 0 Å². The second kappa shape index (κ2) is 8.22. The highest BCUT2D eigenvalue weighted by Gasteiger charge is 2.50. The zero-order valence-corrected chi connectivity index (χ0v) is 17.3. The van der Waals surface area contributed by atoms with Gasteiger partial charge in [-0.15, -0.1) is 0 Å². The van der Waals surface area contributed by atoms with Gasteiger partial charge < -0.3 is 14.8 Å². The van der Waals surface area contributed by atoms with Crippen LogP contribution in [0, 0.1) is 5.41 Å². The number of anilines is 2. The van der Waals surface area contributed by atoms with Crippen LogP contribution >= 0.6 is 0 Å². The molecule has 6 nitrogen and oxygen atoms in total. The Kier molecular flexibility index (Phi) is 5.48. The number of hydrogen-bond donors (Lipinski definition) is 1. The van der Waals surface area contributed by atoms with Crippen molar-refractivity contribution in [1.82, 2.24) is 0 Å². The third kappa shape index (κ3) is 3.43. The number of methoxy groups -OCH3 is 2. The number of nitrogens with zero attached hydrogens (tertiary/aromatic N) is 1. The number of amides is 2. The van der Waals surface area contributed by atoms with Crippen LogP contribution in [0.4, 0.5) is 11.4 Å². The van der Waals surface area contributed by atoms with E-state index in [-0.39, 0.29) is 11.8 Å². The van der Waals surface area contributed by atoms with Gasteiger partial charge in [-0.25, -0.2) is 0 Å². The molecule has 0 spiro atoms. The van der Waals surface area contributed by atoms with E-state index in [4.69, 9.17) is 9.47 Å². The number of rotatable bonds is 5. The quantitative estimate of drug-likeness (QED) is 0.793. The molecule has 2 aliphatic rings. The lowest BCUT2D eigenvalue weighted by Gasteiger charge is -2.45. The number of nitrogens with one attached hydrogen (secondary N) is 1. The summed E-state index contributed by atoms with van der Waals surface area (Å²) in [4.78, 5) is 28.2. The van der Waals surface area contributed by atoms with Gasteiger partial charge >= 0.3 is 0 Å². The van der Waals surface area contributed by atoms with Gasteiger partial charge in [-0.05, 0) is 49.9 Å². The number of fused-ring (bicyclic) bond motifs is 1. The Bertz CT molecular complexity index is 986. The zero-order valence-electron chi connectivity index (χ0n) is 17.3. The van der Waals surface area contributed by atoms with Gasteiger partial charge in [-0.1, -0.05) is 24.3 Å². The number of carbonyl (C=O) groups excluding carboxylic acids is 2. The summed E-state index contributed by atoms with van der Waals surface area (Å²) in [5.41, 5.74) is 1.44. The maximum Gasteiger partial charge on any atom is 0.236 e. The molecule has 0 radical (unpaired) electrons. The Hall–Kier alpha value is -3.28. The second-order valence-electron chi connectivity index (χ2n) is 7.65. The minimum atomic E-state index is -0.743. The topological polar surface area (TPSA) is 67.9 Å². The van der Waals surface area contributed by atoms with Gasteiger partial charge in [-0.2, -0.15) is 0 Å². The Morgan fingerprint density at radius 2 is 1.87 bits per heavy atom. The average Bonchev–Trinajstić information content (AvgIpc) is 2.79. The third-order valence-electron chi connectivity index (χ3n) is 6.00. The summed E-state index contributed by atoms with van der Waals surface area (Å²) < 4.78 is 10.7. The van der Waals surface area contributed by atoms with Crippen LogP contribution in [-0.2, 0) is 9.59 Å². The van der Waals surface area contributed by atoms with Gasteiger partial charge in [0.25, 0.3) is 0 Å². The van der Waals surface area contributed by atoms with Crippen molar-refractivity contribution in [3.63, 3.8) is 0 Å². The number of carbonyl (C=O) groups is 2. The highest BCUT2D eigenvalue weighted by atomic mass is 16.5. The number of hydrogen-bond acceptors (Lipinski definition) is 4. The summed E-state index contributed by atoms with van der Waals surface area (Å²) in [7, 11) is 3.15. The van der Waals surface area contributed by atoms with Crippen molar-refractivity contribution in [2.75, 3.05) is 24.4 Å². The fourth-order valence-corrected chi connectivity index (χ4v) is 4.44. The van der Waals surface area contributed by atoms with Gasteiger partial charge in [0.2, 0.25) is 11.8 Å². The van der Waals surface area contributed by atoms with E-state index in [1.807, 2.05) is 30.3 Å². The van der Waals surface area contributed by atoms with Crippen LogP contribution in [0.5, 0.6) is 11.5 Å². The molecule has 156 valence electrons. The first-order chi connectivity index (χ1) is 14.6. The number of para-hydroxylation sites is 1. The van der Waals surface area contributed by atoms with Crippen LogP contribution in [0.2, 0.25) is 0 Å². The first-order valence-corrected chi connectivity index (χ1v) is 10.2. The Morgan fingerprint density at radius 1 is 1.07 bits per heavy atom. The van der Waals surface area contributed by atoms with Crippen LogP contribution in [0.15, 0.2) is 60.3 Å². The molecule has 0 bridgehead atoms. The number of piperidine rings is 1. The molecule has 1 heterocycles. The van der Waals surface area contributed by atoms with E-state index < -0.39 is 5.41 Å². The summed E-state index contributed by atoms with van der Waals surface area (Å²) in [5, 5.41) is 3.06. The molecule has 0 aromatic heterocycles. The largest absolute Gasteiger partial charge is 0.497 e. The molecule has 4 rings (SSSR count). The fourth-order valence-electron chi connectivity index (χ4n) is 4.44. The number of ether oxygens (including phenoxy) is 2. The predicted molar refractivity (Wildman–Crippen MR) is 116 cm³/mol. The molecule has 6 heteroatoms. The SMILES string of the molecule is COc1ccc(NC(=O)C23CCCC=C2N(c2ccccc2)C(=O)CC3)c(OC)c1. The van der Waals surface area contributed by atoms with E-state index >= 15 is 0 Å². The third-order valence-corrected chi connectivity index (χ3v) is 6.00. The molecule has 1 unspecified atom stereocenters. The first-order valence-electron chi connectivity index (χ1n) is 10.2. The molecule has 2 aromatic carbocycles. The molecule has 0 saturated carbocycles. The van der Waals surface area contributed by atoms with E-state index in [2.05, 4.69) is 11.4 Å². The van der Waals surface area contributed by atoms with Gasteiger partial charge in [-0.3, -0.25) is 14.5 Å². The van der Waals surface area contributed by atoms with E-state index in [0.29, 0.717) is 36.4 Å². The van der Waals surface area contributed by atoms with Gasteiger partial charge in [0.05, 0.1) is 25.3 Å². The Morgan fingerprint density at radius 3 is 2.60 bits per heavy atom. The highest BCUT2D eigenvalue weighted by molar-refractivity contribution is 6.06. The Labute approximate surface area is 176 Å². The number of benzene rings is 2. The maximum absolute atomic E-state index is 13.7. The fraction of sp³-hybridized carbons (Fsp3) is 0.333. The van der Waals surface area contributed by atoms with Crippen molar-refractivity contribution in [1.29, 1.82) is 0 Å². The van der Waals surface area contributed by atoms with Crippen LogP contribution in [-0.4, -0.2) is 26.0 Å². The van der Waals surface area contributed by atoms with E-state index in [9.17, 15) is 9.59 Å². The van der Waals surface area contributed by atoms with E-state index in [1.165, 1.54) is 0 Å². The molecule has 1 aliphatic carbocycles. The molecule has 1 fully saturated rings. The van der Waals surface area contributed by atoms with Gasteiger partial charge in [0, 0.05) is 23.9 Å². The Balaban J connectivity index is 1.70. The standard InChI is InChI=1S/C24H26N2O4/c1-29-18-11-12-19(20(16-18)30-2)25-23(28)24-14-7-6-10-21(24)26(22(27)13-15-24)17-8-4-3-5-9-17/h3-5,8-12,16H,6-7,13-15H2,1-2H3,(H,25,28). The van der Waals surface area contributed by atoms with Crippen LogP contribution in [0.25, 0.3) is 0 Å². The minimum absolute atomic E-state index is 0.0276. The van der Waals surface area contributed by atoms with Gasteiger partial charge in [0.1, 0.15) is 11.5 Å². The van der Waals surface area contributed by atoms with Crippen molar-refractivity contribution in [3.05, 3.63) is 60.3 Å². The smallest absolute Gasteiger partial charge is 0.236 e. The second-order valence-corrected chi connectivity index (χ2v) is 7.65. The zero-order chi connectivity index (χ0) is 21.1. The van der Waals surface area contributed by atoms with Crippen molar-refractivity contribution in [2.45, 2.75) is 32.1 Å². The molecule has 1 atom stereocenters. The molecule has 1 saturated heterocycles. The summed E-state index contributed by atoms with van der Waals surface area (Å²) >= 11 is 0. The average molecular weight is 406 g/mol. The number of allylic oxidation sites excluding steroid dienone is 1. The molecule has 1 N–H and O–H groups in total. The molecular formula is C24H26N2O4. The molecular weight excluding hydrogens is 380 g/mol. The lowest BCUT2D eigenvalue weighted by molar-refractivity contribution is -0.128. The molecule has 2 amide bonds.